The van der Waals surface area contributed by atoms with Crippen molar-refractivity contribution in [1.82, 2.24) is 10.2 Å². The summed E-state index contributed by atoms with van der Waals surface area (Å²) in [5.74, 6) is -0.811. The molecule has 0 radical (unpaired) electrons. The van der Waals surface area contributed by atoms with Crippen LogP contribution in [0.1, 0.15) is 70.7 Å². The van der Waals surface area contributed by atoms with E-state index in [1.54, 1.807) is 31.7 Å². The van der Waals surface area contributed by atoms with Crippen LogP contribution in [0.5, 0.6) is 0 Å². The lowest BCUT2D eigenvalue weighted by atomic mass is 9.92. The number of carbonyl (C=O) groups excluding carboxylic acids is 3. The lowest BCUT2D eigenvalue weighted by Gasteiger charge is -2.43. The van der Waals surface area contributed by atoms with Crippen molar-refractivity contribution in [3.8, 4) is 0 Å². The van der Waals surface area contributed by atoms with E-state index in [0.717, 1.165) is 11.1 Å². The van der Waals surface area contributed by atoms with E-state index in [1.165, 1.54) is 0 Å². The monoisotopic (exact) mass is 515 g/mol. The minimum absolute atomic E-state index is 0.320. The Morgan fingerprint density at radius 3 is 2.22 bits per heavy atom. The largest absolute Gasteiger partial charge is 0.444 e. The van der Waals surface area contributed by atoms with Gasteiger partial charge in [0.05, 0.1) is 10.7 Å². The minimum atomic E-state index is -0.969. The van der Waals surface area contributed by atoms with Gasteiger partial charge < -0.3 is 20.3 Å². The number of hydrogen-bond donors (Lipinski definition) is 2. The molecule has 0 heterocycles. The maximum Gasteiger partial charge on any atom is 0.408 e. The van der Waals surface area contributed by atoms with Crippen LogP contribution in [0.15, 0.2) is 42.5 Å². The Morgan fingerprint density at radius 1 is 1.03 bits per heavy atom. The average Bonchev–Trinajstić information content (AvgIpc) is 2.76. The molecule has 2 N–H and O–H groups in total. The van der Waals surface area contributed by atoms with E-state index in [-0.39, 0.29) is 6.54 Å². The van der Waals surface area contributed by atoms with Gasteiger partial charge in [0.2, 0.25) is 5.91 Å². The highest BCUT2D eigenvalue weighted by atomic mass is 35.5. The fourth-order valence-corrected chi connectivity index (χ4v) is 4.06. The smallest absolute Gasteiger partial charge is 0.408 e. The van der Waals surface area contributed by atoms with E-state index in [9.17, 15) is 14.4 Å². The van der Waals surface area contributed by atoms with Crippen LogP contribution in [0.25, 0.3) is 0 Å². The number of anilines is 1. The van der Waals surface area contributed by atoms with Gasteiger partial charge in [0, 0.05) is 5.54 Å². The van der Waals surface area contributed by atoms with Crippen molar-refractivity contribution in [3.63, 3.8) is 0 Å². The second-order valence-corrected chi connectivity index (χ2v) is 10.9. The number of rotatable bonds is 8. The first-order chi connectivity index (χ1) is 16.7. The van der Waals surface area contributed by atoms with Gasteiger partial charge in [-0.3, -0.25) is 9.59 Å². The highest BCUT2D eigenvalue weighted by molar-refractivity contribution is 6.34. The predicted molar refractivity (Wildman–Crippen MR) is 144 cm³/mol. The zero-order chi connectivity index (χ0) is 27.3. The summed E-state index contributed by atoms with van der Waals surface area (Å²) < 4.78 is 5.28. The highest BCUT2D eigenvalue weighted by Crippen LogP contribution is 2.34. The van der Waals surface area contributed by atoms with Gasteiger partial charge in [-0.25, -0.2) is 4.79 Å². The molecule has 0 bridgehead atoms. The van der Waals surface area contributed by atoms with Gasteiger partial charge in [0.25, 0.3) is 5.91 Å². The molecule has 36 heavy (non-hydrogen) atoms. The Hall–Kier alpha value is -3.06. The summed E-state index contributed by atoms with van der Waals surface area (Å²) in [6.45, 7) is 14.4. The number of aryl methyl sites for hydroxylation is 2. The van der Waals surface area contributed by atoms with E-state index in [2.05, 4.69) is 10.6 Å². The Labute approximate surface area is 219 Å². The fourth-order valence-electron chi connectivity index (χ4n) is 3.79. The number of carbonyl (C=O) groups is 3. The molecule has 1 unspecified atom stereocenters. The highest BCUT2D eigenvalue weighted by Gasteiger charge is 2.40. The van der Waals surface area contributed by atoms with Crippen LogP contribution < -0.4 is 10.6 Å². The van der Waals surface area contributed by atoms with Gasteiger partial charge in [0.1, 0.15) is 18.2 Å². The van der Waals surface area contributed by atoms with Crippen LogP contribution in [0, 0.1) is 13.8 Å². The first kappa shape index (κ1) is 29.2. The molecule has 0 aliphatic carbocycles. The number of ether oxygens (including phenoxy) is 1. The zero-order valence-electron chi connectivity index (χ0n) is 22.5. The summed E-state index contributed by atoms with van der Waals surface area (Å²) >= 11 is 6.39. The van der Waals surface area contributed by atoms with E-state index in [4.69, 9.17) is 16.3 Å². The summed E-state index contributed by atoms with van der Waals surface area (Å²) in [4.78, 5) is 41.3. The second-order valence-electron chi connectivity index (χ2n) is 10.5. The zero-order valence-corrected chi connectivity index (χ0v) is 23.2. The maximum absolute atomic E-state index is 13.9. The summed E-state index contributed by atoms with van der Waals surface area (Å²) in [5.41, 5.74) is 1.49. The molecule has 0 saturated heterocycles. The normalized spacial score (nSPS) is 12.5. The van der Waals surface area contributed by atoms with Gasteiger partial charge >= 0.3 is 6.09 Å². The predicted octanol–water partition coefficient (Wildman–Crippen LogP) is 6.18. The van der Waals surface area contributed by atoms with Crippen molar-refractivity contribution in [1.29, 1.82) is 0 Å². The van der Waals surface area contributed by atoms with Crippen molar-refractivity contribution in [3.05, 3.63) is 64.2 Å². The summed E-state index contributed by atoms with van der Waals surface area (Å²) in [6.07, 6.45) is -0.125. The van der Waals surface area contributed by atoms with Gasteiger partial charge in [0.15, 0.2) is 0 Å². The maximum atomic E-state index is 13.9. The van der Waals surface area contributed by atoms with Crippen molar-refractivity contribution < 1.29 is 19.1 Å². The Kier molecular flexibility index (Phi) is 9.55. The molecule has 2 rings (SSSR count). The number of nitrogens with zero attached hydrogens (tertiary/aromatic N) is 1. The van der Waals surface area contributed by atoms with E-state index >= 15 is 0 Å². The first-order valence-corrected chi connectivity index (χ1v) is 12.5. The first-order valence-electron chi connectivity index (χ1n) is 12.1. The van der Waals surface area contributed by atoms with Crippen molar-refractivity contribution in [2.45, 2.75) is 79.0 Å². The van der Waals surface area contributed by atoms with Crippen LogP contribution in [0.3, 0.4) is 0 Å². The third-order valence-electron chi connectivity index (χ3n) is 5.90. The molecule has 2 aromatic carbocycles. The third kappa shape index (κ3) is 7.72. The molecule has 0 aromatic heterocycles. The van der Waals surface area contributed by atoms with Gasteiger partial charge in [-0.2, -0.15) is 0 Å². The van der Waals surface area contributed by atoms with Gasteiger partial charge in [-0.1, -0.05) is 60.5 Å². The molecular formula is C28H38ClN3O4. The fraction of sp³-hybridized carbons (Fsp3) is 0.464. The lowest BCUT2D eigenvalue weighted by Crippen LogP contribution is -2.55. The second kappa shape index (κ2) is 11.8. The topological polar surface area (TPSA) is 87.7 Å². The number of amides is 3. The number of hydrogen-bond acceptors (Lipinski definition) is 4. The van der Waals surface area contributed by atoms with Crippen molar-refractivity contribution in [2.24, 2.45) is 0 Å². The molecule has 3 amide bonds. The van der Waals surface area contributed by atoms with Crippen LogP contribution in [-0.2, 0) is 14.3 Å². The summed E-state index contributed by atoms with van der Waals surface area (Å²) in [5, 5.41) is 5.89. The Balaban J connectivity index is 2.51. The van der Waals surface area contributed by atoms with Crippen LogP contribution in [-0.4, -0.2) is 40.5 Å². The van der Waals surface area contributed by atoms with Gasteiger partial charge in [-0.05, 0) is 72.1 Å². The third-order valence-corrected chi connectivity index (χ3v) is 6.22. The molecule has 0 aliphatic heterocycles. The standard InChI is InChI=1S/C28H38ClN3O4/c1-9-28(7,8)32(22(33)17-30-26(35)36-27(4,5)6)24(20-14-10-12-18(2)16-20)25(34)31-23-19(3)13-11-15-21(23)29/h10-16,24H,9,17H2,1-8H3,(H,30,35)(H,31,34). The van der Waals surface area contributed by atoms with E-state index < -0.39 is 35.1 Å². The SMILES string of the molecule is CCC(C)(C)N(C(=O)CNC(=O)OC(C)(C)C)C(C(=O)Nc1c(C)cccc1Cl)c1cccc(C)c1. The van der Waals surface area contributed by atoms with Crippen LogP contribution in [0.4, 0.5) is 10.5 Å². The molecule has 196 valence electrons. The van der Waals surface area contributed by atoms with E-state index in [1.807, 2.05) is 71.0 Å². The number of nitrogens with one attached hydrogen (secondary N) is 2. The Morgan fingerprint density at radius 2 is 1.67 bits per heavy atom. The molecule has 0 spiro atoms. The minimum Gasteiger partial charge on any atom is -0.444 e. The summed E-state index contributed by atoms with van der Waals surface area (Å²) in [7, 11) is 0. The molecule has 2 aromatic rings. The molecule has 7 nitrogen and oxygen atoms in total. The van der Waals surface area contributed by atoms with Gasteiger partial charge in [-0.15, -0.1) is 0 Å². The average molecular weight is 516 g/mol. The lowest BCUT2D eigenvalue weighted by molar-refractivity contribution is -0.145. The molecule has 0 fully saturated rings. The number of halogens is 1. The summed E-state index contributed by atoms with van der Waals surface area (Å²) in [6, 6.07) is 11.9. The molecule has 1 atom stereocenters. The van der Waals surface area contributed by atoms with E-state index in [0.29, 0.717) is 22.7 Å². The van der Waals surface area contributed by atoms with Crippen LogP contribution >= 0.6 is 11.6 Å². The molecule has 0 aliphatic rings. The number of para-hydroxylation sites is 1. The Bertz CT molecular complexity index is 1090. The molecule has 0 saturated carbocycles. The number of alkyl carbamates (subject to hydrolysis) is 1. The van der Waals surface area contributed by atoms with Crippen LogP contribution in [0.2, 0.25) is 5.02 Å². The molecular weight excluding hydrogens is 478 g/mol. The van der Waals surface area contributed by atoms with Crippen molar-refractivity contribution in [2.75, 3.05) is 11.9 Å². The number of benzene rings is 2. The molecule has 8 heteroatoms. The quantitative estimate of drug-likeness (QED) is 0.439. The van der Waals surface area contributed by atoms with Crippen molar-refractivity contribution >= 4 is 35.2 Å².